The molecule has 0 fully saturated rings. The van der Waals surface area contributed by atoms with E-state index < -0.39 is 0 Å². The van der Waals surface area contributed by atoms with Crippen molar-refractivity contribution in [3.63, 3.8) is 0 Å². The second-order valence-corrected chi connectivity index (χ2v) is 3.70. The summed E-state index contributed by atoms with van der Waals surface area (Å²) in [7, 11) is 0. The first-order valence-corrected chi connectivity index (χ1v) is 5.37. The maximum Gasteiger partial charge on any atom is 0.258 e. The van der Waals surface area contributed by atoms with Gasteiger partial charge in [-0.05, 0) is 24.3 Å². The van der Waals surface area contributed by atoms with Gasteiger partial charge in [0, 0.05) is 18.0 Å². The highest BCUT2D eigenvalue weighted by Crippen LogP contribution is 2.30. The molecule has 0 aliphatic rings. The van der Waals surface area contributed by atoms with E-state index in [1.165, 1.54) is 12.1 Å². The molecular formula is C12H8N4O3. The number of hydrogen-bond donors (Lipinski definition) is 2. The minimum absolute atomic E-state index is 0.206. The fourth-order valence-corrected chi connectivity index (χ4v) is 1.50. The number of benzene rings is 1. The number of aromatic nitrogens is 4. The Labute approximate surface area is 107 Å². The van der Waals surface area contributed by atoms with Crippen LogP contribution in [0.2, 0.25) is 0 Å². The summed E-state index contributed by atoms with van der Waals surface area (Å²) in [5, 5.41) is 22.4. The highest BCUT2D eigenvalue weighted by Gasteiger charge is 2.13. The van der Waals surface area contributed by atoms with Gasteiger partial charge in [0.15, 0.2) is 11.5 Å². The first kappa shape index (κ1) is 11.1. The lowest BCUT2D eigenvalue weighted by molar-refractivity contribution is 0.402. The van der Waals surface area contributed by atoms with Crippen molar-refractivity contribution in [3.05, 3.63) is 36.7 Å². The van der Waals surface area contributed by atoms with Crippen LogP contribution >= 0.6 is 0 Å². The Kier molecular flexibility index (Phi) is 2.57. The smallest absolute Gasteiger partial charge is 0.258 e. The summed E-state index contributed by atoms with van der Waals surface area (Å²) < 4.78 is 5.07. The number of phenols is 2. The fourth-order valence-electron chi connectivity index (χ4n) is 1.50. The molecule has 94 valence electrons. The van der Waals surface area contributed by atoms with E-state index in [1.807, 2.05) is 0 Å². The molecule has 7 nitrogen and oxygen atoms in total. The molecular weight excluding hydrogens is 248 g/mol. The highest BCUT2D eigenvalue weighted by molar-refractivity contribution is 5.60. The SMILES string of the molecule is Oc1ccc(-c2nc(-c3ncccn3)no2)cc1O. The third-order valence-electron chi connectivity index (χ3n) is 2.41. The second-order valence-electron chi connectivity index (χ2n) is 3.70. The third kappa shape index (κ3) is 2.08. The average molecular weight is 256 g/mol. The van der Waals surface area contributed by atoms with Gasteiger partial charge in [-0.2, -0.15) is 4.98 Å². The molecule has 0 aliphatic carbocycles. The predicted molar refractivity (Wildman–Crippen MR) is 64.1 cm³/mol. The van der Waals surface area contributed by atoms with Crippen molar-refractivity contribution in [2.75, 3.05) is 0 Å². The van der Waals surface area contributed by atoms with Crippen LogP contribution < -0.4 is 0 Å². The van der Waals surface area contributed by atoms with Crippen molar-refractivity contribution >= 4 is 0 Å². The van der Waals surface area contributed by atoms with E-state index in [-0.39, 0.29) is 23.2 Å². The van der Waals surface area contributed by atoms with Gasteiger partial charge in [0.2, 0.25) is 11.6 Å². The lowest BCUT2D eigenvalue weighted by atomic mass is 10.2. The number of aromatic hydroxyl groups is 2. The zero-order valence-corrected chi connectivity index (χ0v) is 9.56. The second kappa shape index (κ2) is 4.37. The van der Waals surface area contributed by atoms with Crippen LogP contribution in [0, 0.1) is 0 Å². The van der Waals surface area contributed by atoms with Gasteiger partial charge in [-0.25, -0.2) is 9.97 Å². The van der Waals surface area contributed by atoms with Crippen LogP contribution in [0.5, 0.6) is 11.5 Å². The molecule has 7 heteroatoms. The van der Waals surface area contributed by atoms with E-state index in [4.69, 9.17) is 4.52 Å². The normalized spacial score (nSPS) is 10.5. The van der Waals surface area contributed by atoms with Crippen molar-refractivity contribution in [2.45, 2.75) is 0 Å². The van der Waals surface area contributed by atoms with Crippen LogP contribution in [0.15, 0.2) is 41.2 Å². The number of rotatable bonds is 2. The van der Waals surface area contributed by atoms with Crippen LogP contribution in [0.25, 0.3) is 23.1 Å². The topological polar surface area (TPSA) is 105 Å². The van der Waals surface area contributed by atoms with Crippen LogP contribution in [-0.4, -0.2) is 30.3 Å². The molecule has 0 amide bonds. The summed E-state index contributed by atoms with van der Waals surface area (Å²) in [6.45, 7) is 0. The van der Waals surface area contributed by atoms with Gasteiger partial charge in [-0.15, -0.1) is 0 Å². The monoisotopic (exact) mass is 256 g/mol. The van der Waals surface area contributed by atoms with Crippen LogP contribution in [0.3, 0.4) is 0 Å². The van der Waals surface area contributed by atoms with E-state index >= 15 is 0 Å². The Balaban J connectivity index is 1.99. The molecule has 0 aliphatic heterocycles. The molecule has 0 bridgehead atoms. The molecule has 2 N–H and O–H groups in total. The van der Waals surface area contributed by atoms with Crippen molar-refractivity contribution in [1.29, 1.82) is 0 Å². The van der Waals surface area contributed by atoms with Crippen LogP contribution in [0.4, 0.5) is 0 Å². The Morgan fingerprint density at radius 2 is 1.74 bits per heavy atom. The van der Waals surface area contributed by atoms with E-state index in [0.717, 1.165) is 0 Å². The van der Waals surface area contributed by atoms with E-state index in [1.54, 1.807) is 24.5 Å². The van der Waals surface area contributed by atoms with Gasteiger partial charge in [0.05, 0.1) is 0 Å². The standard InChI is InChI=1S/C12H8N4O3/c17-8-3-2-7(6-9(8)18)12-15-11(16-19-12)10-13-4-1-5-14-10/h1-6,17-18H. The summed E-state index contributed by atoms with van der Waals surface area (Å²) in [6.07, 6.45) is 3.15. The molecule has 1 aromatic carbocycles. The van der Waals surface area contributed by atoms with Crippen molar-refractivity contribution in [3.8, 4) is 34.6 Å². The highest BCUT2D eigenvalue weighted by atomic mass is 16.5. The number of nitrogens with zero attached hydrogens (tertiary/aromatic N) is 4. The summed E-state index contributed by atoms with van der Waals surface area (Å²) in [6, 6.07) is 5.91. The first-order valence-electron chi connectivity index (χ1n) is 5.37. The van der Waals surface area contributed by atoms with Gasteiger partial charge < -0.3 is 14.7 Å². The lowest BCUT2D eigenvalue weighted by Gasteiger charge is -1.98. The van der Waals surface area contributed by atoms with Gasteiger partial charge in [0.1, 0.15) is 0 Å². The molecule has 2 aromatic heterocycles. The molecule has 3 aromatic rings. The van der Waals surface area contributed by atoms with Crippen LogP contribution in [-0.2, 0) is 0 Å². The molecule has 2 heterocycles. The lowest BCUT2D eigenvalue weighted by Crippen LogP contribution is -1.88. The third-order valence-corrected chi connectivity index (χ3v) is 2.41. The van der Waals surface area contributed by atoms with Crippen molar-refractivity contribution in [1.82, 2.24) is 20.1 Å². The molecule has 0 saturated heterocycles. The molecule has 3 rings (SSSR count). The summed E-state index contributed by atoms with van der Waals surface area (Å²) in [4.78, 5) is 12.1. The number of hydrogen-bond acceptors (Lipinski definition) is 7. The van der Waals surface area contributed by atoms with E-state index in [0.29, 0.717) is 11.4 Å². The van der Waals surface area contributed by atoms with Crippen LogP contribution in [0.1, 0.15) is 0 Å². The quantitative estimate of drug-likeness (QED) is 0.671. The van der Waals surface area contributed by atoms with Gasteiger partial charge in [0.25, 0.3) is 5.89 Å². The summed E-state index contributed by atoms with van der Waals surface area (Å²) in [5.41, 5.74) is 0.491. The zero-order valence-electron chi connectivity index (χ0n) is 9.56. The minimum Gasteiger partial charge on any atom is -0.504 e. The maximum absolute atomic E-state index is 9.42. The summed E-state index contributed by atoms with van der Waals surface area (Å²) in [5.74, 6) is 0.338. The van der Waals surface area contributed by atoms with E-state index in [9.17, 15) is 10.2 Å². The Bertz CT molecular complexity index is 712. The Morgan fingerprint density at radius 3 is 2.47 bits per heavy atom. The zero-order chi connectivity index (χ0) is 13.2. The molecule has 0 unspecified atom stereocenters. The summed E-state index contributed by atoms with van der Waals surface area (Å²) >= 11 is 0. The number of phenolic OH excluding ortho intramolecular Hbond substituents is 2. The van der Waals surface area contributed by atoms with Crippen molar-refractivity contribution < 1.29 is 14.7 Å². The Hall–Kier alpha value is -2.96. The minimum atomic E-state index is -0.256. The maximum atomic E-state index is 9.42. The van der Waals surface area contributed by atoms with Gasteiger partial charge >= 0.3 is 0 Å². The average Bonchev–Trinajstić information content (AvgIpc) is 2.93. The van der Waals surface area contributed by atoms with E-state index in [2.05, 4.69) is 20.1 Å². The molecule has 0 atom stereocenters. The fraction of sp³-hybridized carbons (Fsp3) is 0. The predicted octanol–water partition coefficient (Wildman–Crippen LogP) is 1.60. The first-order chi connectivity index (χ1) is 9.24. The van der Waals surface area contributed by atoms with Crippen molar-refractivity contribution in [2.24, 2.45) is 0 Å². The van der Waals surface area contributed by atoms with Gasteiger partial charge in [-0.3, -0.25) is 0 Å². The molecule has 0 radical (unpaired) electrons. The molecule has 0 spiro atoms. The van der Waals surface area contributed by atoms with Gasteiger partial charge in [-0.1, -0.05) is 5.16 Å². The Morgan fingerprint density at radius 1 is 0.947 bits per heavy atom. The molecule has 19 heavy (non-hydrogen) atoms. The largest absolute Gasteiger partial charge is 0.504 e. The molecule has 0 saturated carbocycles.